The molecule has 1 unspecified atom stereocenters. The van der Waals surface area contributed by atoms with Crippen LogP contribution in [-0.4, -0.2) is 155 Å². The Morgan fingerprint density at radius 3 is 1.99 bits per heavy atom. The van der Waals surface area contributed by atoms with Crippen LogP contribution in [0, 0.1) is 5.41 Å². The Kier molecular flexibility index (Phi) is 18.5. The first-order valence-electron chi connectivity index (χ1n) is 23.4. The highest BCUT2D eigenvalue weighted by Gasteiger charge is 2.50. The van der Waals surface area contributed by atoms with Crippen molar-refractivity contribution in [1.29, 1.82) is 0 Å². The molecule has 414 valence electrons. The Morgan fingerprint density at radius 1 is 0.773 bits per heavy atom. The van der Waals surface area contributed by atoms with Gasteiger partial charge in [-0.1, -0.05) is 32.1 Å². The number of benzene rings is 2. The summed E-state index contributed by atoms with van der Waals surface area (Å²) >= 11 is 0. The number of carbonyl (C=O) groups is 3. The predicted molar refractivity (Wildman–Crippen MR) is 276 cm³/mol. The molecule has 2 aromatic carbocycles. The monoisotopic (exact) mass is 1150 g/mol. The Bertz CT molecular complexity index is 3360. The fourth-order valence-corrected chi connectivity index (χ4v) is 12.5. The summed E-state index contributed by atoms with van der Waals surface area (Å²) in [6, 6.07) is 8.22. The number of rotatable bonds is 24. The molecular weight excluding hydrogens is 1080 g/mol. The summed E-state index contributed by atoms with van der Waals surface area (Å²) in [5, 5.41) is 13.2. The SMILES string of the molecule is CCOC(=O)CCCN(C)S(=O)(=O)c1ccc2c(c1)C(C)(C)C(C=CC1=CC(=CC=C3N(CCCS(=O)(=O)O)c4ccc(S(=O)(=O)O)cc4C3(C)C)CC(C(=O)O)(C(=O)NCCS(=O)(=O)O)C1)=[N+]2CCCS(=O)(=O)O. The van der Waals surface area contributed by atoms with Crippen molar-refractivity contribution in [2.24, 2.45) is 5.41 Å². The van der Waals surface area contributed by atoms with Gasteiger partial charge in [-0.3, -0.25) is 32.6 Å². The summed E-state index contributed by atoms with van der Waals surface area (Å²) < 4.78 is 169. The molecule has 23 nitrogen and oxygen atoms in total. The minimum Gasteiger partial charge on any atom is -0.480 e. The molecule has 5 rings (SSSR count). The number of amides is 1. The van der Waals surface area contributed by atoms with Gasteiger partial charge >= 0.3 is 11.9 Å². The molecule has 0 fully saturated rings. The van der Waals surface area contributed by atoms with E-state index in [1.54, 1.807) is 68.4 Å². The number of carbonyl (C=O) groups excluding carboxylic acids is 2. The van der Waals surface area contributed by atoms with Crippen molar-refractivity contribution >= 4 is 85.4 Å². The summed E-state index contributed by atoms with van der Waals surface area (Å²) in [6.45, 7) is 8.07. The smallest absolute Gasteiger partial charge is 0.319 e. The van der Waals surface area contributed by atoms with Crippen molar-refractivity contribution in [2.45, 2.75) is 93.8 Å². The van der Waals surface area contributed by atoms with Gasteiger partial charge in [0.2, 0.25) is 21.6 Å². The maximum Gasteiger partial charge on any atom is 0.319 e. The average molecular weight is 1150 g/mol. The zero-order valence-electron chi connectivity index (χ0n) is 42.1. The van der Waals surface area contributed by atoms with Crippen LogP contribution >= 0.6 is 0 Å². The van der Waals surface area contributed by atoms with Gasteiger partial charge in [0.25, 0.3) is 40.5 Å². The van der Waals surface area contributed by atoms with Gasteiger partial charge < -0.3 is 20.1 Å². The van der Waals surface area contributed by atoms with Gasteiger partial charge in [-0.25, -0.2) is 12.7 Å². The number of hydrogen-bond acceptors (Lipinski definition) is 15. The number of fused-ring (bicyclic) bond motifs is 2. The third-order valence-electron chi connectivity index (χ3n) is 13.2. The summed E-state index contributed by atoms with van der Waals surface area (Å²) in [4.78, 5) is 40.6. The van der Waals surface area contributed by atoms with E-state index in [4.69, 9.17) is 4.74 Å². The molecule has 0 bridgehead atoms. The van der Waals surface area contributed by atoms with E-state index >= 15 is 0 Å². The van der Waals surface area contributed by atoms with Gasteiger partial charge in [0.05, 0.1) is 39.1 Å². The van der Waals surface area contributed by atoms with Crippen molar-refractivity contribution in [3.8, 4) is 0 Å². The lowest BCUT2D eigenvalue weighted by Gasteiger charge is -2.33. The van der Waals surface area contributed by atoms with E-state index in [1.807, 2.05) is 0 Å². The number of carboxylic acid groups (broad SMARTS) is 1. The lowest BCUT2D eigenvalue weighted by molar-refractivity contribution is -0.437. The number of allylic oxidation sites excluding steroid dienone is 8. The van der Waals surface area contributed by atoms with E-state index in [9.17, 15) is 79.8 Å². The molecule has 3 aliphatic rings. The van der Waals surface area contributed by atoms with Crippen LogP contribution in [0.25, 0.3) is 0 Å². The molecule has 0 saturated carbocycles. The molecule has 0 aromatic heterocycles. The molecule has 2 aromatic rings. The zero-order valence-corrected chi connectivity index (χ0v) is 46.2. The summed E-state index contributed by atoms with van der Waals surface area (Å²) in [5.74, 6) is -5.42. The molecule has 2 aliphatic heterocycles. The number of sulfonamides is 1. The molecular formula is C47H63N4O19S5+. The lowest BCUT2D eigenvalue weighted by atomic mass is 9.71. The largest absolute Gasteiger partial charge is 0.480 e. The molecule has 1 amide bonds. The summed E-state index contributed by atoms with van der Waals surface area (Å²) in [6.07, 6.45) is 6.74. The highest BCUT2D eigenvalue weighted by atomic mass is 32.2. The maximum absolute atomic E-state index is 14.1. The molecule has 0 saturated heterocycles. The molecule has 6 N–H and O–H groups in total. The van der Waals surface area contributed by atoms with Gasteiger partial charge in [-0.05, 0) is 99.6 Å². The van der Waals surface area contributed by atoms with Crippen LogP contribution in [0.5, 0.6) is 0 Å². The molecule has 1 atom stereocenters. The van der Waals surface area contributed by atoms with Crippen molar-refractivity contribution in [3.05, 3.63) is 94.7 Å². The fourth-order valence-electron chi connectivity index (χ4n) is 9.46. The molecule has 75 heavy (non-hydrogen) atoms. The Morgan fingerprint density at radius 2 is 1.39 bits per heavy atom. The number of anilines is 1. The van der Waals surface area contributed by atoms with Crippen molar-refractivity contribution in [3.63, 3.8) is 0 Å². The second-order valence-corrected chi connectivity index (χ2v) is 27.6. The van der Waals surface area contributed by atoms with E-state index in [-0.39, 0.29) is 68.0 Å². The molecule has 1 aliphatic carbocycles. The number of hydrogen-bond donors (Lipinski definition) is 6. The molecule has 2 heterocycles. The number of aliphatic carboxylic acids is 1. The van der Waals surface area contributed by atoms with E-state index in [1.165, 1.54) is 43.5 Å². The summed E-state index contributed by atoms with van der Waals surface area (Å²) in [5.41, 5.74) is -1.36. The fraction of sp³-hybridized carbons (Fsp3) is 0.489. The van der Waals surface area contributed by atoms with E-state index in [0.717, 1.165) is 10.4 Å². The predicted octanol–water partition coefficient (Wildman–Crippen LogP) is 3.79. The normalized spacial score (nSPS) is 19.9. The van der Waals surface area contributed by atoms with Gasteiger partial charge in [0.15, 0.2) is 11.1 Å². The first kappa shape index (κ1) is 60.7. The van der Waals surface area contributed by atoms with E-state index < -0.39 is 126 Å². The highest BCUT2D eigenvalue weighted by molar-refractivity contribution is 7.89. The minimum absolute atomic E-state index is 0.0118. The standard InChI is InChI=1S/C47H62N4O19S5/c1-7-70-42(52)11-8-21-49(6)74(65,66)34-14-16-38-36(28-34)45(2,3)40(50(38)22-9-24-71(56,57)58)18-12-32-27-33(31-47(30-32,44(54)55)43(53)48-20-26-73(62,63)64)13-19-41-46(4,5)37-29-35(75(67,68)69)15-17-39(37)51(41)23-10-25-72(59,60)61/h12-19,27-29H,7-11,20-26,30-31H2,1-6H3,(H5-,48,53,54,55,56,57,58,59,60,61,62,63,64,67,68,69)/p+1. The number of carboxylic acids is 1. The highest BCUT2D eigenvalue weighted by Crippen LogP contribution is 2.49. The van der Waals surface area contributed by atoms with Gasteiger partial charge in [0, 0.05) is 74.0 Å². The number of nitrogens with one attached hydrogen (secondary N) is 1. The minimum atomic E-state index is -4.69. The number of nitrogens with zero attached hydrogens (tertiary/aromatic N) is 3. The third-order valence-corrected chi connectivity index (χ3v) is 18.3. The van der Waals surface area contributed by atoms with Crippen LogP contribution in [0.15, 0.2) is 93.4 Å². The van der Waals surface area contributed by atoms with E-state index in [2.05, 4.69) is 5.32 Å². The van der Waals surface area contributed by atoms with Crippen LogP contribution in [0.3, 0.4) is 0 Å². The summed E-state index contributed by atoms with van der Waals surface area (Å²) in [7, 11) is -20.9. The van der Waals surface area contributed by atoms with Crippen LogP contribution in [-0.2, 0) is 80.4 Å². The Hall–Kier alpha value is -5.17. The maximum atomic E-state index is 14.1. The van der Waals surface area contributed by atoms with Crippen molar-refractivity contribution < 1.29 is 89.1 Å². The Labute approximate surface area is 437 Å². The first-order chi connectivity index (χ1) is 34.4. The second-order valence-electron chi connectivity index (χ2n) is 19.4. The number of esters is 1. The second kappa shape index (κ2) is 22.8. The molecule has 28 heteroatoms. The lowest BCUT2D eigenvalue weighted by Crippen LogP contribution is -2.49. The van der Waals surface area contributed by atoms with Crippen LogP contribution in [0.4, 0.5) is 11.4 Å². The van der Waals surface area contributed by atoms with Crippen molar-refractivity contribution in [2.75, 3.05) is 62.0 Å². The average Bonchev–Trinajstić information content (AvgIpc) is 3.62. The topological polar surface area (TPSA) is 354 Å². The van der Waals surface area contributed by atoms with Crippen LogP contribution in [0.1, 0.15) is 84.3 Å². The van der Waals surface area contributed by atoms with E-state index in [0.29, 0.717) is 33.9 Å². The van der Waals surface area contributed by atoms with Gasteiger partial charge in [-0.2, -0.15) is 38.2 Å². The number of ether oxygens (including phenoxy) is 1. The zero-order chi connectivity index (χ0) is 56.3. The molecule has 0 radical (unpaired) electrons. The Balaban J connectivity index is 1.66. The van der Waals surface area contributed by atoms with Gasteiger partial charge in [0.1, 0.15) is 6.54 Å². The van der Waals surface area contributed by atoms with Crippen molar-refractivity contribution in [1.82, 2.24) is 9.62 Å². The quantitative estimate of drug-likeness (QED) is 0.0377. The van der Waals surface area contributed by atoms with Crippen LogP contribution < -0.4 is 10.2 Å². The van der Waals surface area contributed by atoms with Gasteiger partial charge in [-0.15, -0.1) is 0 Å². The molecule has 0 spiro atoms. The first-order valence-corrected chi connectivity index (χ1v) is 31.1. The third kappa shape index (κ3) is 14.7. The van der Waals surface area contributed by atoms with Crippen LogP contribution in [0.2, 0.25) is 0 Å².